The van der Waals surface area contributed by atoms with E-state index in [0.717, 1.165) is 35.1 Å². The first kappa shape index (κ1) is 14.1. The molecule has 0 aliphatic rings. The Morgan fingerprint density at radius 1 is 1.53 bits per heavy atom. The van der Waals surface area contributed by atoms with Crippen molar-refractivity contribution in [2.75, 3.05) is 0 Å². The zero-order valence-electron chi connectivity index (χ0n) is 11.2. The van der Waals surface area contributed by atoms with Crippen LogP contribution in [0.4, 0.5) is 0 Å². The van der Waals surface area contributed by atoms with E-state index >= 15 is 0 Å². The number of aryl methyl sites for hydroxylation is 2. The number of hydrazine groups is 1. The van der Waals surface area contributed by atoms with E-state index in [1.807, 2.05) is 30.7 Å². The van der Waals surface area contributed by atoms with Crippen LogP contribution in [0.5, 0.6) is 0 Å². The molecule has 6 heteroatoms. The number of halogens is 1. The highest BCUT2D eigenvalue weighted by Gasteiger charge is 2.20. The van der Waals surface area contributed by atoms with E-state index in [-0.39, 0.29) is 6.04 Å². The maximum absolute atomic E-state index is 6.39. The van der Waals surface area contributed by atoms with Crippen LogP contribution in [0, 0.1) is 0 Å². The molecule has 104 valence electrons. The third-order valence-corrected chi connectivity index (χ3v) is 3.62. The molecule has 0 aliphatic heterocycles. The summed E-state index contributed by atoms with van der Waals surface area (Å²) >= 11 is 6.39. The first-order valence-corrected chi connectivity index (χ1v) is 6.82. The molecule has 2 heterocycles. The van der Waals surface area contributed by atoms with Crippen LogP contribution in [-0.2, 0) is 19.4 Å². The highest BCUT2D eigenvalue weighted by molar-refractivity contribution is 6.31. The van der Waals surface area contributed by atoms with Gasteiger partial charge >= 0.3 is 0 Å². The monoisotopic (exact) mass is 282 g/mol. The second-order valence-electron chi connectivity index (χ2n) is 4.32. The fraction of sp³-hybridized carbons (Fsp3) is 0.462. The molecular weight excluding hydrogens is 264 g/mol. The zero-order chi connectivity index (χ0) is 13.8. The Morgan fingerprint density at radius 3 is 2.84 bits per heavy atom. The third kappa shape index (κ3) is 2.83. The van der Waals surface area contributed by atoms with Gasteiger partial charge in [-0.05, 0) is 25.5 Å². The Kier molecular flexibility index (Phi) is 4.63. The first-order valence-electron chi connectivity index (χ1n) is 6.44. The lowest BCUT2D eigenvalue weighted by Crippen LogP contribution is -2.30. The summed E-state index contributed by atoms with van der Waals surface area (Å²) in [6, 6.07) is 3.63. The summed E-state index contributed by atoms with van der Waals surface area (Å²) in [5.41, 5.74) is 4.68. The van der Waals surface area contributed by atoms with E-state index in [2.05, 4.69) is 10.5 Å². The normalized spacial score (nSPS) is 12.8. The summed E-state index contributed by atoms with van der Waals surface area (Å²) in [4.78, 5) is 0. The minimum absolute atomic E-state index is 0.112. The maximum atomic E-state index is 6.39. The highest BCUT2D eigenvalue weighted by Crippen LogP contribution is 2.26. The maximum Gasteiger partial charge on any atom is 0.122 e. The van der Waals surface area contributed by atoms with Gasteiger partial charge in [0.1, 0.15) is 5.76 Å². The number of nitrogens with one attached hydrogen (secondary N) is 1. The van der Waals surface area contributed by atoms with Gasteiger partial charge in [0, 0.05) is 13.0 Å². The van der Waals surface area contributed by atoms with Crippen molar-refractivity contribution in [3.05, 3.63) is 40.6 Å². The number of hydrogen-bond acceptors (Lipinski definition) is 4. The Bertz CT molecular complexity index is 521. The molecule has 1 unspecified atom stereocenters. The van der Waals surface area contributed by atoms with E-state index in [4.69, 9.17) is 21.9 Å². The number of furan rings is 1. The van der Waals surface area contributed by atoms with Crippen molar-refractivity contribution in [1.82, 2.24) is 15.2 Å². The number of aromatic nitrogens is 2. The van der Waals surface area contributed by atoms with E-state index in [0.29, 0.717) is 6.42 Å². The van der Waals surface area contributed by atoms with Gasteiger partial charge in [0.15, 0.2) is 0 Å². The van der Waals surface area contributed by atoms with Crippen molar-refractivity contribution in [3.63, 3.8) is 0 Å². The van der Waals surface area contributed by atoms with Crippen molar-refractivity contribution in [2.45, 2.75) is 39.3 Å². The van der Waals surface area contributed by atoms with Crippen LogP contribution >= 0.6 is 11.6 Å². The molecule has 0 saturated heterocycles. The summed E-state index contributed by atoms with van der Waals surface area (Å²) in [6.07, 6.45) is 3.10. The molecule has 0 aliphatic carbocycles. The van der Waals surface area contributed by atoms with Gasteiger partial charge in [0.05, 0.1) is 28.7 Å². The summed E-state index contributed by atoms with van der Waals surface area (Å²) in [5, 5.41) is 5.23. The standard InChI is InChI=1S/C13H19ClN4O/c1-3-9-13(14)11(18(4-2)17-9)8-10(16-15)12-6-5-7-19-12/h5-7,10,16H,3-4,8,15H2,1-2H3. The number of hydrogen-bond donors (Lipinski definition) is 2. The van der Waals surface area contributed by atoms with Crippen molar-refractivity contribution >= 4 is 11.6 Å². The largest absolute Gasteiger partial charge is 0.468 e. The molecule has 0 aromatic carbocycles. The van der Waals surface area contributed by atoms with Crippen LogP contribution in [-0.4, -0.2) is 9.78 Å². The summed E-state index contributed by atoms with van der Waals surface area (Å²) in [5.74, 6) is 6.40. The number of nitrogens with two attached hydrogens (primary N) is 1. The fourth-order valence-corrected chi connectivity index (χ4v) is 2.48. The van der Waals surface area contributed by atoms with Gasteiger partial charge in [-0.15, -0.1) is 0 Å². The lowest BCUT2D eigenvalue weighted by atomic mass is 10.1. The quantitative estimate of drug-likeness (QED) is 0.631. The molecule has 0 radical (unpaired) electrons. The Balaban J connectivity index is 2.29. The molecule has 2 aromatic rings. The van der Waals surface area contributed by atoms with E-state index in [9.17, 15) is 0 Å². The minimum atomic E-state index is -0.112. The molecule has 0 spiro atoms. The summed E-state index contributed by atoms with van der Waals surface area (Å²) < 4.78 is 7.32. The van der Waals surface area contributed by atoms with Crippen molar-refractivity contribution in [1.29, 1.82) is 0 Å². The Labute approximate surface area is 117 Å². The van der Waals surface area contributed by atoms with Crippen LogP contribution in [0.3, 0.4) is 0 Å². The molecule has 5 nitrogen and oxygen atoms in total. The molecule has 0 fully saturated rings. The van der Waals surface area contributed by atoms with Crippen molar-refractivity contribution < 1.29 is 4.42 Å². The highest BCUT2D eigenvalue weighted by atomic mass is 35.5. The van der Waals surface area contributed by atoms with Crippen LogP contribution in [0.1, 0.15) is 37.0 Å². The minimum Gasteiger partial charge on any atom is -0.468 e. The van der Waals surface area contributed by atoms with Gasteiger partial charge in [0.25, 0.3) is 0 Å². The van der Waals surface area contributed by atoms with Crippen LogP contribution in [0.2, 0.25) is 5.02 Å². The zero-order valence-corrected chi connectivity index (χ0v) is 11.9. The van der Waals surface area contributed by atoms with Crippen molar-refractivity contribution in [2.24, 2.45) is 5.84 Å². The van der Waals surface area contributed by atoms with Gasteiger partial charge in [-0.2, -0.15) is 5.10 Å². The fourth-order valence-electron chi connectivity index (χ4n) is 2.14. The van der Waals surface area contributed by atoms with E-state index < -0.39 is 0 Å². The smallest absolute Gasteiger partial charge is 0.122 e. The predicted octanol–water partition coefficient (Wildman–Crippen LogP) is 2.46. The van der Waals surface area contributed by atoms with Crippen LogP contribution < -0.4 is 11.3 Å². The molecule has 3 N–H and O–H groups in total. The average molecular weight is 283 g/mol. The summed E-state index contributed by atoms with van der Waals surface area (Å²) in [7, 11) is 0. The van der Waals surface area contributed by atoms with Gasteiger partial charge in [-0.3, -0.25) is 10.5 Å². The molecule has 2 rings (SSSR count). The third-order valence-electron chi connectivity index (χ3n) is 3.18. The van der Waals surface area contributed by atoms with Gasteiger partial charge in [0.2, 0.25) is 0 Å². The van der Waals surface area contributed by atoms with E-state index in [1.165, 1.54) is 0 Å². The molecule has 0 amide bonds. The average Bonchev–Trinajstić information content (AvgIpc) is 3.04. The second kappa shape index (κ2) is 6.23. The summed E-state index contributed by atoms with van der Waals surface area (Å²) in [6.45, 7) is 4.87. The molecule has 0 saturated carbocycles. The second-order valence-corrected chi connectivity index (χ2v) is 4.69. The lowest BCUT2D eigenvalue weighted by Gasteiger charge is -2.14. The van der Waals surface area contributed by atoms with Gasteiger partial charge < -0.3 is 4.42 Å². The molecule has 1 atom stereocenters. The predicted molar refractivity (Wildman–Crippen MR) is 74.8 cm³/mol. The van der Waals surface area contributed by atoms with Crippen LogP contribution in [0.15, 0.2) is 22.8 Å². The van der Waals surface area contributed by atoms with Crippen LogP contribution in [0.25, 0.3) is 0 Å². The molecule has 19 heavy (non-hydrogen) atoms. The molecule has 2 aromatic heterocycles. The van der Waals surface area contributed by atoms with Crippen molar-refractivity contribution in [3.8, 4) is 0 Å². The Hall–Kier alpha value is -1.30. The van der Waals surface area contributed by atoms with Gasteiger partial charge in [-0.1, -0.05) is 18.5 Å². The topological polar surface area (TPSA) is 69.0 Å². The number of nitrogens with zero attached hydrogens (tertiary/aromatic N) is 2. The first-order chi connectivity index (χ1) is 9.21. The SMILES string of the molecule is CCc1nn(CC)c(CC(NN)c2ccco2)c1Cl. The van der Waals surface area contributed by atoms with E-state index in [1.54, 1.807) is 6.26 Å². The number of rotatable bonds is 6. The Morgan fingerprint density at radius 2 is 2.32 bits per heavy atom. The lowest BCUT2D eigenvalue weighted by molar-refractivity contribution is 0.408. The van der Waals surface area contributed by atoms with Gasteiger partial charge in [-0.25, -0.2) is 5.43 Å². The molecule has 0 bridgehead atoms. The molecular formula is C13H19ClN4O.